The van der Waals surface area contributed by atoms with E-state index < -0.39 is 0 Å². The van der Waals surface area contributed by atoms with Crippen LogP contribution in [0.25, 0.3) is 0 Å². The lowest BCUT2D eigenvalue weighted by molar-refractivity contribution is -0.0945. The number of likely N-dealkylation sites (tertiary alicyclic amines) is 2. The molecule has 0 amide bonds. The van der Waals surface area contributed by atoms with E-state index in [1.54, 1.807) is 11.3 Å². The van der Waals surface area contributed by atoms with Crippen LogP contribution >= 0.6 is 11.3 Å². The van der Waals surface area contributed by atoms with Gasteiger partial charge in [-0.1, -0.05) is 30.3 Å². The topological polar surface area (TPSA) is 15.7 Å². The molecule has 1 aromatic heterocycles. The Balaban J connectivity index is 1.25. The summed E-state index contributed by atoms with van der Waals surface area (Å²) in [5.41, 5.74) is 2.86. The molecule has 2 aliphatic rings. The van der Waals surface area contributed by atoms with Crippen molar-refractivity contribution in [1.82, 2.24) is 9.80 Å². The number of thiophene rings is 1. The summed E-state index contributed by atoms with van der Waals surface area (Å²) in [6.07, 6.45) is 5.63. The van der Waals surface area contributed by atoms with Crippen LogP contribution in [0.4, 0.5) is 0 Å². The Labute approximate surface area is 167 Å². The molecule has 27 heavy (non-hydrogen) atoms. The number of rotatable bonds is 6. The number of ether oxygens (including phenoxy) is 1. The minimum atomic E-state index is 0.385. The fourth-order valence-electron chi connectivity index (χ4n) is 4.49. The molecule has 4 rings (SSSR count). The molecule has 0 aliphatic carbocycles. The zero-order valence-electron chi connectivity index (χ0n) is 16.4. The van der Waals surface area contributed by atoms with Gasteiger partial charge >= 0.3 is 0 Å². The van der Waals surface area contributed by atoms with Gasteiger partial charge in [0.05, 0.1) is 12.2 Å². The Morgan fingerprint density at radius 1 is 0.963 bits per heavy atom. The van der Waals surface area contributed by atoms with Crippen LogP contribution in [-0.4, -0.2) is 47.7 Å². The molecule has 3 nitrogen and oxygen atoms in total. The third-order valence-electron chi connectivity index (χ3n) is 6.16. The van der Waals surface area contributed by atoms with Crippen LogP contribution in [0.1, 0.15) is 43.7 Å². The van der Waals surface area contributed by atoms with E-state index in [0.29, 0.717) is 18.2 Å². The first kappa shape index (κ1) is 19.1. The normalized spacial score (nSPS) is 25.7. The predicted octanol–water partition coefficient (Wildman–Crippen LogP) is 4.78. The first-order valence-corrected chi connectivity index (χ1v) is 11.4. The number of nitrogens with zero attached hydrogens (tertiary/aromatic N) is 2. The average molecular weight is 385 g/mol. The lowest BCUT2D eigenvalue weighted by atomic mass is 9.98. The van der Waals surface area contributed by atoms with Crippen LogP contribution in [-0.2, 0) is 17.8 Å². The average Bonchev–Trinajstić information content (AvgIpc) is 3.20. The maximum Gasteiger partial charge on any atom is 0.0731 e. The van der Waals surface area contributed by atoms with Crippen molar-refractivity contribution in [3.05, 3.63) is 58.3 Å². The second-order valence-electron chi connectivity index (χ2n) is 8.12. The summed E-state index contributed by atoms with van der Waals surface area (Å²) in [6, 6.07) is 13.6. The highest BCUT2D eigenvalue weighted by atomic mass is 32.1. The van der Waals surface area contributed by atoms with E-state index in [2.05, 4.69) is 63.9 Å². The van der Waals surface area contributed by atoms with Crippen LogP contribution in [0.15, 0.2) is 47.2 Å². The van der Waals surface area contributed by atoms with Gasteiger partial charge in [0.1, 0.15) is 0 Å². The fourth-order valence-corrected chi connectivity index (χ4v) is 5.15. The predicted molar refractivity (Wildman–Crippen MR) is 113 cm³/mol. The molecule has 0 bridgehead atoms. The van der Waals surface area contributed by atoms with Crippen LogP contribution < -0.4 is 0 Å². The second kappa shape index (κ2) is 9.33. The van der Waals surface area contributed by atoms with Crippen LogP contribution in [0.2, 0.25) is 0 Å². The quantitative estimate of drug-likeness (QED) is 0.713. The van der Waals surface area contributed by atoms with Gasteiger partial charge in [0.15, 0.2) is 0 Å². The first-order chi connectivity index (χ1) is 13.3. The van der Waals surface area contributed by atoms with E-state index >= 15 is 0 Å². The molecule has 3 heterocycles. The van der Waals surface area contributed by atoms with Crippen molar-refractivity contribution in [2.75, 3.05) is 19.6 Å². The molecular weight excluding hydrogens is 352 g/mol. The van der Waals surface area contributed by atoms with Crippen LogP contribution in [0, 0.1) is 0 Å². The van der Waals surface area contributed by atoms with Crippen LogP contribution in [0.3, 0.4) is 0 Å². The molecule has 4 heteroatoms. The molecule has 2 atom stereocenters. The lowest BCUT2D eigenvalue weighted by Crippen LogP contribution is -2.49. The smallest absolute Gasteiger partial charge is 0.0731 e. The summed E-state index contributed by atoms with van der Waals surface area (Å²) in [6.45, 7) is 8.01. The van der Waals surface area contributed by atoms with E-state index in [0.717, 1.165) is 26.2 Å². The fraction of sp³-hybridized carbons (Fsp3) is 0.565. The van der Waals surface area contributed by atoms with E-state index in [9.17, 15) is 0 Å². The lowest BCUT2D eigenvalue weighted by Gasteiger charge is -2.42. The van der Waals surface area contributed by atoms with Crippen LogP contribution in [0.5, 0.6) is 0 Å². The third kappa shape index (κ3) is 5.20. The summed E-state index contributed by atoms with van der Waals surface area (Å²) >= 11 is 1.80. The molecular formula is C23H32N2OS. The SMILES string of the molecule is CC1C(OC2CCN(Cc3ccsc3)CC2)CCCN1Cc1ccccc1. The van der Waals surface area contributed by atoms with Gasteiger partial charge in [0.2, 0.25) is 0 Å². The zero-order valence-corrected chi connectivity index (χ0v) is 17.2. The number of hydrogen-bond donors (Lipinski definition) is 0. The van der Waals surface area contributed by atoms with Crippen molar-refractivity contribution >= 4 is 11.3 Å². The zero-order chi connectivity index (χ0) is 18.5. The molecule has 146 valence electrons. The standard InChI is InChI=1S/C23H32N2OS/c1-19-23(8-5-12-25(19)17-20-6-3-2-4-7-20)26-22-9-13-24(14-10-22)16-21-11-15-27-18-21/h2-4,6-7,11,15,18-19,22-23H,5,8-10,12-14,16-17H2,1H3. The summed E-state index contributed by atoms with van der Waals surface area (Å²) in [5, 5.41) is 4.45. The van der Waals surface area contributed by atoms with Gasteiger partial charge < -0.3 is 4.74 Å². The van der Waals surface area contributed by atoms with E-state index in [4.69, 9.17) is 4.74 Å². The van der Waals surface area contributed by atoms with Gasteiger partial charge in [0.25, 0.3) is 0 Å². The van der Waals surface area contributed by atoms with Gasteiger partial charge in [-0.05, 0) is 67.1 Å². The molecule has 2 unspecified atom stereocenters. The summed E-state index contributed by atoms with van der Waals surface area (Å²) < 4.78 is 6.63. The molecule has 0 radical (unpaired) electrons. The molecule has 2 aliphatic heterocycles. The molecule has 2 fully saturated rings. The Morgan fingerprint density at radius 3 is 2.52 bits per heavy atom. The van der Waals surface area contributed by atoms with Crippen molar-refractivity contribution in [3.8, 4) is 0 Å². The minimum absolute atomic E-state index is 0.385. The monoisotopic (exact) mass is 384 g/mol. The minimum Gasteiger partial charge on any atom is -0.373 e. The van der Waals surface area contributed by atoms with E-state index in [1.165, 1.54) is 43.4 Å². The van der Waals surface area contributed by atoms with Crippen molar-refractivity contribution < 1.29 is 4.74 Å². The van der Waals surface area contributed by atoms with Crippen molar-refractivity contribution in [2.45, 2.75) is 63.9 Å². The van der Waals surface area contributed by atoms with Crippen molar-refractivity contribution in [1.29, 1.82) is 0 Å². The Morgan fingerprint density at radius 2 is 1.78 bits per heavy atom. The number of hydrogen-bond acceptors (Lipinski definition) is 4. The molecule has 1 aromatic carbocycles. The van der Waals surface area contributed by atoms with Gasteiger partial charge in [-0.3, -0.25) is 9.80 Å². The Bertz CT molecular complexity index is 667. The summed E-state index contributed by atoms with van der Waals surface area (Å²) in [7, 11) is 0. The summed E-state index contributed by atoms with van der Waals surface area (Å²) in [5.74, 6) is 0. The third-order valence-corrected chi connectivity index (χ3v) is 6.90. The highest BCUT2D eigenvalue weighted by molar-refractivity contribution is 7.07. The molecule has 0 N–H and O–H groups in total. The largest absolute Gasteiger partial charge is 0.373 e. The van der Waals surface area contributed by atoms with E-state index in [-0.39, 0.29) is 0 Å². The Hall–Kier alpha value is -1.20. The number of benzene rings is 1. The van der Waals surface area contributed by atoms with Gasteiger partial charge in [-0.25, -0.2) is 0 Å². The molecule has 2 aromatic rings. The van der Waals surface area contributed by atoms with Gasteiger partial charge in [0, 0.05) is 32.2 Å². The van der Waals surface area contributed by atoms with Gasteiger partial charge in [-0.2, -0.15) is 11.3 Å². The molecule has 0 saturated carbocycles. The second-order valence-corrected chi connectivity index (χ2v) is 8.90. The molecule has 2 saturated heterocycles. The maximum atomic E-state index is 6.63. The maximum absolute atomic E-state index is 6.63. The number of piperidine rings is 2. The Kier molecular flexibility index (Phi) is 6.61. The summed E-state index contributed by atoms with van der Waals surface area (Å²) in [4.78, 5) is 5.18. The highest BCUT2D eigenvalue weighted by Gasteiger charge is 2.31. The van der Waals surface area contributed by atoms with Crippen molar-refractivity contribution in [3.63, 3.8) is 0 Å². The van der Waals surface area contributed by atoms with E-state index in [1.807, 2.05) is 0 Å². The highest BCUT2D eigenvalue weighted by Crippen LogP contribution is 2.26. The molecule has 0 spiro atoms. The first-order valence-electron chi connectivity index (χ1n) is 10.4. The van der Waals surface area contributed by atoms with Gasteiger partial charge in [-0.15, -0.1) is 0 Å². The van der Waals surface area contributed by atoms with Crippen molar-refractivity contribution in [2.24, 2.45) is 0 Å².